The molecule has 40 heavy (non-hydrogen) atoms. The number of thiazole rings is 1. The molecular formula is C28H20N4O6S2. The average molecular weight is 573 g/mol. The van der Waals surface area contributed by atoms with Gasteiger partial charge in [-0.25, -0.2) is 13.6 Å². The molecule has 0 radical (unpaired) electrons. The monoisotopic (exact) mass is 572 g/mol. The molecule has 2 aromatic carbocycles. The molecule has 0 saturated heterocycles. The molecule has 0 bridgehead atoms. The molecule has 5 aromatic rings. The van der Waals surface area contributed by atoms with Gasteiger partial charge in [0.2, 0.25) is 10.0 Å². The highest BCUT2D eigenvalue weighted by Gasteiger charge is 2.17. The van der Waals surface area contributed by atoms with E-state index in [1.165, 1.54) is 29.0 Å². The predicted octanol–water partition coefficient (Wildman–Crippen LogP) is 2.22. The molecule has 0 fully saturated rings. The number of para-hydroxylation sites is 1. The topological polar surface area (TPSA) is 161 Å². The first kappa shape index (κ1) is 26.6. The van der Waals surface area contributed by atoms with E-state index < -0.39 is 21.5 Å². The van der Waals surface area contributed by atoms with E-state index in [2.05, 4.69) is 5.32 Å². The summed E-state index contributed by atoms with van der Waals surface area (Å²) in [4.78, 5) is 26.5. The molecule has 1 amide bonds. The van der Waals surface area contributed by atoms with E-state index in [9.17, 15) is 23.3 Å². The Morgan fingerprint density at radius 3 is 2.45 bits per heavy atom. The van der Waals surface area contributed by atoms with Gasteiger partial charge in [0.15, 0.2) is 5.57 Å². The van der Waals surface area contributed by atoms with Crippen LogP contribution < -0.4 is 25.2 Å². The highest BCUT2D eigenvalue weighted by Crippen LogP contribution is 2.23. The Labute approximate surface area is 231 Å². The van der Waals surface area contributed by atoms with Crippen LogP contribution in [-0.2, 0) is 21.4 Å². The van der Waals surface area contributed by atoms with E-state index in [4.69, 9.17) is 14.0 Å². The van der Waals surface area contributed by atoms with Gasteiger partial charge in [0.1, 0.15) is 28.0 Å². The average Bonchev–Trinajstić information content (AvgIpc) is 3.70. The maximum atomic E-state index is 13.6. The van der Waals surface area contributed by atoms with Crippen molar-refractivity contribution in [3.05, 3.63) is 116 Å². The van der Waals surface area contributed by atoms with Crippen LogP contribution in [0.3, 0.4) is 0 Å². The third-order valence-electron chi connectivity index (χ3n) is 5.76. The minimum atomic E-state index is -3.83. The maximum Gasteiger partial charge on any atom is 0.273 e. The zero-order valence-corrected chi connectivity index (χ0v) is 22.2. The molecule has 5 rings (SSSR count). The number of carbonyl (C=O) groups is 1. The van der Waals surface area contributed by atoms with Crippen molar-refractivity contribution >= 4 is 38.9 Å². The number of hydrogen-bond donors (Lipinski definition) is 2. The molecule has 3 N–H and O–H groups in total. The van der Waals surface area contributed by atoms with E-state index >= 15 is 0 Å². The summed E-state index contributed by atoms with van der Waals surface area (Å²) in [5, 5.41) is 17.7. The van der Waals surface area contributed by atoms with Crippen molar-refractivity contribution in [2.45, 2.75) is 11.4 Å². The fourth-order valence-corrected chi connectivity index (χ4v) is 5.45. The van der Waals surface area contributed by atoms with Gasteiger partial charge in [-0.15, -0.1) is 11.3 Å². The van der Waals surface area contributed by atoms with E-state index in [-0.39, 0.29) is 26.2 Å². The first-order valence-corrected chi connectivity index (χ1v) is 14.1. The molecule has 0 aliphatic rings. The zero-order valence-electron chi connectivity index (χ0n) is 20.6. The molecule has 0 aliphatic heterocycles. The molecule has 0 spiro atoms. The van der Waals surface area contributed by atoms with Crippen molar-refractivity contribution < 1.29 is 22.0 Å². The first-order valence-electron chi connectivity index (χ1n) is 11.7. The summed E-state index contributed by atoms with van der Waals surface area (Å²) in [5.41, 5.74) is 0.425. The third-order valence-corrected chi connectivity index (χ3v) is 7.78. The number of rotatable bonds is 7. The van der Waals surface area contributed by atoms with Crippen LogP contribution in [0, 0.1) is 11.3 Å². The number of nitriles is 1. The Balaban J connectivity index is 1.58. The number of nitrogens with one attached hydrogen (secondary N) is 1. The molecule has 0 atom stereocenters. The molecule has 12 heteroatoms. The highest BCUT2D eigenvalue weighted by molar-refractivity contribution is 7.89. The number of benzene rings is 2. The van der Waals surface area contributed by atoms with Crippen molar-refractivity contribution in [3.8, 4) is 23.1 Å². The number of aromatic nitrogens is 1. The fraction of sp³-hybridized carbons (Fsp3) is 0.0357. The van der Waals surface area contributed by atoms with Crippen molar-refractivity contribution in [2.24, 2.45) is 5.14 Å². The second kappa shape index (κ2) is 11.0. The van der Waals surface area contributed by atoms with Crippen LogP contribution in [0.25, 0.3) is 28.7 Å². The summed E-state index contributed by atoms with van der Waals surface area (Å²) in [6.45, 7) is 0.0737. The molecule has 3 aromatic heterocycles. The van der Waals surface area contributed by atoms with Crippen LogP contribution in [-0.4, -0.2) is 18.9 Å². The summed E-state index contributed by atoms with van der Waals surface area (Å²) < 4.78 is 35.9. The van der Waals surface area contributed by atoms with Gasteiger partial charge in [-0.2, -0.15) is 5.26 Å². The smallest absolute Gasteiger partial charge is 0.273 e. The summed E-state index contributed by atoms with van der Waals surface area (Å²) >= 11 is 0.980. The molecule has 0 unspecified atom stereocenters. The largest absolute Gasteiger partial charge is 0.467 e. The number of sulfonamides is 1. The molecule has 0 aliphatic carbocycles. The van der Waals surface area contributed by atoms with E-state index in [1.54, 1.807) is 66.7 Å². The number of primary sulfonamides is 1. The van der Waals surface area contributed by atoms with E-state index in [0.29, 0.717) is 28.5 Å². The minimum Gasteiger partial charge on any atom is -0.467 e. The lowest BCUT2D eigenvalue weighted by Crippen LogP contribution is -2.33. The van der Waals surface area contributed by atoms with Crippen LogP contribution in [0.4, 0.5) is 0 Å². The van der Waals surface area contributed by atoms with E-state index in [0.717, 1.165) is 11.3 Å². The van der Waals surface area contributed by atoms with Gasteiger partial charge in [-0.3, -0.25) is 14.2 Å². The Morgan fingerprint density at radius 2 is 1.80 bits per heavy atom. The van der Waals surface area contributed by atoms with Gasteiger partial charge in [0.25, 0.3) is 11.5 Å². The summed E-state index contributed by atoms with van der Waals surface area (Å²) in [6.07, 6.45) is 3.00. The Bertz CT molecular complexity index is 2010. The summed E-state index contributed by atoms with van der Waals surface area (Å²) in [6, 6.07) is 23.2. The van der Waals surface area contributed by atoms with Gasteiger partial charge in [0.05, 0.1) is 27.9 Å². The second-order valence-corrected chi connectivity index (χ2v) is 11.0. The molecular weight excluding hydrogens is 552 g/mol. The number of amides is 1. The number of carbonyl (C=O) groups excluding carboxylic acids is 1. The number of furan rings is 2. The summed E-state index contributed by atoms with van der Waals surface area (Å²) in [7, 11) is -3.83. The lowest BCUT2D eigenvalue weighted by atomic mass is 10.2. The quantitative estimate of drug-likeness (QED) is 0.302. The van der Waals surface area contributed by atoms with Crippen LogP contribution >= 0.6 is 11.3 Å². The molecule has 10 nitrogen and oxygen atoms in total. The van der Waals surface area contributed by atoms with Crippen LogP contribution in [0.1, 0.15) is 11.5 Å². The number of hydrogen-bond acceptors (Lipinski definition) is 8. The van der Waals surface area contributed by atoms with Gasteiger partial charge in [0, 0.05) is 11.6 Å². The van der Waals surface area contributed by atoms with Gasteiger partial charge in [-0.1, -0.05) is 18.2 Å². The summed E-state index contributed by atoms with van der Waals surface area (Å²) in [5.74, 6) is 0.643. The molecule has 3 heterocycles. The third kappa shape index (κ3) is 5.57. The number of nitrogens with two attached hydrogens (primary N) is 1. The van der Waals surface area contributed by atoms with Gasteiger partial charge < -0.3 is 14.2 Å². The highest BCUT2D eigenvalue weighted by atomic mass is 32.2. The standard InChI is InChI=1S/C28H20N4O6S2/c29-16-23(26(33)31-17-21-7-4-14-37-21)28-32(19-5-2-1-3-6-19)27(34)25(39-28)15-20-10-13-24(38-20)18-8-11-22(12-9-18)40(30,35)36/h1-15H,17H2,(H,31,33)(H2,30,35,36)/b25-15-,28-23-. The normalized spacial score (nSPS) is 12.7. The minimum absolute atomic E-state index is 0.0279. The zero-order chi connectivity index (χ0) is 28.3. The van der Waals surface area contributed by atoms with Crippen molar-refractivity contribution in [3.63, 3.8) is 0 Å². The molecule has 200 valence electrons. The van der Waals surface area contributed by atoms with Crippen molar-refractivity contribution in [1.29, 1.82) is 5.26 Å². The lowest BCUT2D eigenvalue weighted by molar-refractivity contribution is -0.115. The Kier molecular flexibility index (Phi) is 7.35. The molecule has 0 saturated carbocycles. The Hall–Kier alpha value is -4.96. The lowest BCUT2D eigenvalue weighted by Gasteiger charge is -2.04. The second-order valence-electron chi connectivity index (χ2n) is 8.41. The van der Waals surface area contributed by atoms with Gasteiger partial charge >= 0.3 is 0 Å². The fourth-order valence-electron chi connectivity index (χ4n) is 3.85. The van der Waals surface area contributed by atoms with Crippen molar-refractivity contribution in [1.82, 2.24) is 9.88 Å². The maximum absolute atomic E-state index is 13.6. The van der Waals surface area contributed by atoms with E-state index in [1.807, 2.05) is 6.07 Å². The number of nitrogens with zero attached hydrogens (tertiary/aromatic N) is 2. The van der Waals surface area contributed by atoms with Crippen molar-refractivity contribution in [2.75, 3.05) is 0 Å². The SMILES string of the molecule is N#C/C(C(=O)NCc1ccco1)=c1/s/c(=C\c2ccc(-c3ccc(S(N)(=O)=O)cc3)o2)c(=O)n1-c1ccccc1. The first-order chi connectivity index (χ1) is 19.2. The van der Waals surface area contributed by atoms with Crippen LogP contribution in [0.2, 0.25) is 0 Å². The van der Waals surface area contributed by atoms with Crippen LogP contribution in [0.5, 0.6) is 0 Å². The predicted molar refractivity (Wildman–Crippen MR) is 148 cm³/mol. The van der Waals surface area contributed by atoms with Gasteiger partial charge in [-0.05, 0) is 60.7 Å². The van der Waals surface area contributed by atoms with Crippen LogP contribution in [0.15, 0.2) is 104 Å². The Morgan fingerprint density at radius 1 is 1.05 bits per heavy atom.